The quantitative estimate of drug-likeness (QED) is 0.543. The lowest BCUT2D eigenvalue weighted by atomic mass is 9.85. The number of rotatable bonds is 1. The Morgan fingerprint density at radius 2 is 1.86 bits per heavy atom. The van der Waals surface area contributed by atoms with Crippen molar-refractivity contribution in [2.24, 2.45) is 0 Å². The van der Waals surface area contributed by atoms with Crippen LogP contribution in [0.5, 0.6) is 5.75 Å². The number of fused-ring (bicyclic) bond motifs is 2. The number of nitrogens with one attached hydrogen (secondary N) is 2. The van der Waals surface area contributed by atoms with Gasteiger partial charge in [-0.05, 0) is 55.8 Å². The van der Waals surface area contributed by atoms with E-state index in [2.05, 4.69) is 10.6 Å². The van der Waals surface area contributed by atoms with Gasteiger partial charge in [0.1, 0.15) is 28.3 Å². The van der Waals surface area contributed by atoms with Crippen molar-refractivity contribution < 1.29 is 31.8 Å². The highest BCUT2D eigenvalue weighted by atomic mass is 32.2. The molecule has 0 unspecified atom stereocenters. The SMILES string of the molecule is O=C1NC2(CCNCC2)CCOc2cc(-c3ccc(F)cc3F)ccc2S(=O)(=O)N2C[C@H](O)C[C@@H]12. The van der Waals surface area contributed by atoms with Gasteiger partial charge in [-0.25, -0.2) is 17.2 Å². The number of aliphatic hydroxyl groups excluding tert-OH is 1. The molecule has 0 aromatic heterocycles. The molecular weight excluding hydrogens is 480 g/mol. The van der Waals surface area contributed by atoms with Gasteiger partial charge < -0.3 is 20.5 Å². The van der Waals surface area contributed by atoms with Crippen LogP contribution in [0.1, 0.15) is 25.7 Å². The molecule has 188 valence electrons. The van der Waals surface area contributed by atoms with Crippen LogP contribution >= 0.6 is 0 Å². The number of halogens is 2. The van der Waals surface area contributed by atoms with Gasteiger partial charge in [-0.15, -0.1) is 0 Å². The Hall–Kier alpha value is -2.60. The van der Waals surface area contributed by atoms with Crippen LogP contribution < -0.4 is 15.4 Å². The Bertz CT molecular complexity index is 1250. The largest absolute Gasteiger partial charge is 0.492 e. The molecule has 0 bridgehead atoms. The average Bonchev–Trinajstić information content (AvgIpc) is 3.22. The number of benzene rings is 2. The standard InChI is InChI=1S/C24H27F2N3O5S/c25-16-2-3-18(19(26)12-16)15-1-4-22-21(11-15)34-10-7-24(5-8-27-9-6-24)28-23(31)20-13-17(30)14-29(20)35(22,32)33/h1-4,11-12,17,20,27,30H,5-10,13-14H2,(H,28,31)/t17-,20+/m1/s1. The minimum Gasteiger partial charge on any atom is -0.492 e. The Balaban J connectivity index is 1.60. The molecule has 3 aliphatic heterocycles. The molecule has 3 N–H and O–H groups in total. The second kappa shape index (κ2) is 9.12. The van der Waals surface area contributed by atoms with E-state index in [1.54, 1.807) is 0 Å². The Labute approximate surface area is 202 Å². The first-order chi connectivity index (χ1) is 16.7. The molecule has 2 aromatic carbocycles. The summed E-state index contributed by atoms with van der Waals surface area (Å²) in [6.07, 6.45) is 0.762. The van der Waals surface area contributed by atoms with Crippen molar-refractivity contribution in [2.75, 3.05) is 26.2 Å². The van der Waals surface area contributed by atoms with Crippen molar-refractivity contribution in [3.8, 4) is 16.9 Å². The molecule has 8 nitrogen and oxygen atoms in total. The van der Waals surface area contributed by atoms with Crippen molar-refractivity contribution >= 4 is 15.9 Å². The van der Waals surface area contributed by atoms with Gasteiger partial charge in [0.05, 0.1) is 12.7 Å². The smallest absolute Gasteiger partial charge is 0.247 e. The summed E-state index contributed by atoms with van der Waals surface area (Å²) in [5, 5.41) is 16.6. The summed E-state index contributed by atoms with van der Waals surface area (Å²) >= 11 is 0. The minimum atomic E-state index is -4.24. The number of carbonyl (C=O) groups is 1. The molecule has 35 heavy (non-hydrogen) atoms. The predicted molar refractivity (Wildman–Crippen MR) is 123 cm³/mol. The molecule has 2 saturated heterocycles. The number of ether oxygens (including phenoxy) is 1. The summed E-state index contributed by atoms with van der Waals surface area (Å²) in [7, 11) is -4.24. The molecule has 0 aliphatic carbocycles. The van der Waals surface area contributed by atoms with E-state index >= 15 is 0 Å². The highest BCUT2D eigenvalue weighted by molar-refractivity contribution is 7.89. The highest BCUT2D eigenvalue weighted by Crippen LogP contribution is 2.37. The number of hydrogen-bond donors (Lipinski definition) is 3. The number of piperidine rings is 1. The molecular formula is C24H27F2N3O5S. The Morgan fingerprint density at radius 3 is 2.60 bits per heavy atom. The number of aliphatic hydroxyl groups is 1. The van der Waals surface area contributed by atoms with Crippen LogP contribution in [0, 0.1) is 11.6 Å². The molecule has 3 aliphatic rings. The number of amides is 1. The van der Waals surface area contributed by atoms with Gasteiger partial charge >= 0.3 is 0 Å². The molecule has 11 heteroatoms. The lowest BCUT2D eigenvalue weighted by molar-refractivity contribution is -0.126. The second-order valence-electron chi connectivity index (χ2n) is 9.38. The predicted octanol–water partition coefficient (Wildman–Crippen LogP) is 1.78. The molecule has 2 fully saturated rings. The lowest BCUT2D eigenvalue weighted by Gasteiger charge is -2.39. The van der Waals surface area contributed by atoms with Gasteiger partial charge in [0, 0.05) is 36.6 Å². The topological polar surface area (TPSA) is 108 Å². The number of hydrogen-bond acceptors (Lipinski definition) is 6. The molecule has 1 spiro atoms. The summed E-state index contributed by atoms with van der Waals surface area (Å²) in [5.41, 5.74) is -0.142. The number of nitrogens with zero attached hydrogens (tertiary/aromatic N) is 1. The normalized spacial score (nSPS) is 26.2. The Kier molecular flexibility index (Phi) is 6.28. The van der Waals surface area contributed by atoms with Crippen LogP contribution in [0.15, 0.2) is 41.3 Å². The zero-order valence-electron chi connectivity index (χ0n) is 19.0. The maximum atomic E-state index is 14.5. The van der Waals surface area contributed by atoms with Crippen molar-refractivity contribution in [3.05, 3.63) is 48.0 Å². The van der Waals surface area contributed by atoms with Crippen LogP contribution in [0.3, 0.4) is 0 Å². The maximum absolute atomic E-state index is 14.5. The molecule has 2 aromatic rings. The summed E-state index contributed by atoms with van der Waals surface area (Å²) in [5.74, 6) is -1.91. The minimum absolute atomic E-state index is 0.00550. The van der Waals surface area contributed by atoms with Crippen molar-refractivity contribution in [3.63, 3.8) is 0 Å². The third-order valence-electron chi connectivity index (χ3n) is 7.10. The zero-order valence-corrected chi connectivity index (χ0v) is 19.8. The van der Waals surface area contributed by atoms with E-state index in [0.717, 1.165) is 16.4 Å². The number of sulfonamides is 1. The molecule has 1 amide bonds. The van der Waals surface area contributed by atoms with E-state index < -0.39 is 45.2 Å². The Morgan fingerprint density at radius 1 is 1.09 bits per heavy atom. The van der Waals surface area contributed by atoms with Gasteiger partial charge in [-0.1, -0.05) is 6.07 Å². The van der Waals surface area contributed by atoms with Crippen LogP contribution in [0.4, 0.5) is 8.78 Å². The van der Waals surface area contributed by atoms with Crippen LogP contribution in [0.25, 0.3) is 11.1 Å². The van der Waals surface area contributed by atoms with Gasteiger partial charge in [-0.3, -0.25) is 4.79 Å². The summed E-state index contributed by atoms with van der Waals surface area (Å²) in [6, 6.07) is 6.27. The third-order valence-corrected chi connectivity index (χ3v) is 9.01. The summed E-state index contributed by atoms with van der Waals surface area (Å²) < 4.78 is 62.2. The first-order valence-electron chi connectivity index (χ1n) is 11.6. The van der Waals surface area contributed by atoms with Crippen LogP contribution in [-0.2, 0) is 14.8 Å². The first kappa shape index (κ1) is 24.1. The van der Waals surface area contributed by atoms with Crippen LogP contribution in [-0.4, -0.2) is 67.7 Å². The van der Waals surface area contributed by atoms with Crippen molar-refractivity contribution in [2.45, 2.75) is 48.3 Å². The zero-order chi connectivity index (χ0) is 24.8. The van der Waals surface area contributed by atoms with Gasteiger partial charge in [0.2, 0.25) is 15.9 Å². The third kappa shape index (κ3) is 4.53. The molecule has 0 radical (unpaired) electrons. The lowest BCUT2D eigenvalue weighted by Crippen LogP contribution is -2.58. The molecule has 3 heterocycles. The molecule has 0 saturated carbocycles. The van der Waals surface area contributed by atoms with E-state index in [0.29, 0.717) is 37.9 Å². The monoisotopic (exact) mass is 507 g/mol. The summed E-state index contributed by atoms with van der Waals surface area (Å²) in [6.45, 7) is 1.30. The highest BCUT2D eigenvalue weighted by Gasteiger charge is 2.47. The fourth-order valence-electron chi connectivity index (χ4n) is 5.18. The van der Waals surface area contributed by atoms with E-state index in [1.807, 2.05) is 0 Å². The van der Waals surface area contributed by atoms with E-state index in [9.17, 15) is 27.1 Å². The number of carbonyl (C=O) groups excluding carboxylic acids is 1. The van der Waals surface area contributed by atoms with Crippen molar-refractivity contribution in [1.29, 1.82) is 0 Å². The van der Waals surface area contributed by atoms with Crippen LogP contribution in [0.2, 0.25) is 0 Å². The van der Waals surface area contributed by atoms with E-state index in [-0.39, 0.29) is 35.8 Å². The average molecular weight is 508 g/mol. The van der Waals surface area contributed by atoms with Gasteiger partial charge in [0.15, 0.2) is 0 Å². The fraction of sp³-hybridized carbons (Fsp3) is 0.458. The van der Waals surface area contributed by atoms with Gasteiger partial charge in [0.25, 0.3) is 0 Å². The maximum Gasteiger partial charge on any atom is 0.247 e. The molecule has 2 atom stereocenters. The van der Waals surface area contributed by atoms with E-state index in [1.165, 1.54) is 24.3 Å². The fourth-order valence-corrected chi connectivity index (χ4v) is 6.93. The first-order valence-corrected chi connectivity index (χ1v) is 13.1. The summed E-state index contributed by atoms with van der Waals surface area (Å²) in [4.78, 5) is 13.1. The second-order valence-corrected chi connectivity index (χ2v) is 11.2. The van der Waals surface area contributed by atoms with E-state index in [4.69, 9.17) is 4.74 Å². The molecule has 5 rings (SSSR count). The van der Waals surface area contributed by atoms with Gasteiger partial charge in [-0.2, -0.15) is 4.31 Å². The van der Waals surface area contributed by atoms with Crippen molar-refractivity contribution in [1.82, 2.24) is 14.9 Å².